The summed E-state index contributed by atoms with van der Waals surface area (Å²) in [5.41, 5.74) is 1.80. The molecule has 40 heavy (non-hydrogen) atoms. The molecule has 1 unspecified atom stereocenters. The molecular weight excluding hydrogens is 510 g/mol. The predicted molar refractivity (Wildman–Crippen MR) is 152 cm³/mol. The zero-order valence-electron chi connectivity index (χ0n) is 24.0. The first-order valence-electron chi connectivity index (χ1n) is 14.1. The number of benzene rings is 1. The van der Waals surface area contributed by atoms with Gasteiger partial charge in [-0.1, -0.05) is 51.8 Å². The minimum atomic E-state index is -1.20. The molecule has 2 heterocycles. The van der Waals surface area contributed by atoms with E-state index in [0.717, 1.165) is 35.7 Å². The van der Waals surface area contributed by atoms with E-state index in [-0.39, 0.29) is 41.2 Å². The zero-order valence-corrected chi connectivity index (χ0v) is 24.0. The first-order chi connectivity index (χ1) is 19.0. The van der Waals surface area contributed by atoms with Gasteiger partial charge >= 0.3 is 12.0 Å². The number of carbonyl (C=O) groups is 3. The Morgan fingerprint density at radius 2 is 1.93 bits per heavy atom. The zero-order chi connectivity index (χ0) is 29.0. The highest BCUT2D eigenvalue weighted by atomic mass is 16.4. The molecule has 10 nitrogen and oxygen atoms in total. The van der Waals surface area contributed by atoms with E-state index in [0.29, 0.717) is 18.8 Å². The number of amides is 3. The first-order valence-corrected chi connectivity index (χ1v) is 14.1. The minimum Gasteiger partial charge on any atom is -0.476 e. The Morgan fingerprint density at radius 3 is 2.60 bits per heavy atom. The fourth-order valence-corrected chi connectivity index (χ4v) is 5.70. The monoisotopic (exact) mass is 551 g/mol. The van der Waals surface area contributed by atoms with E-state index < -0.39 is 18.1 Å². The lowest BCUT2D eigenvalue weighted by molar-refractivity contribution is -0.124. The maximum Gasteiger partial charge on any atom is 0.358 e. The lowest BCUT2D eigenvalue weighted by Gasteiger charge is -2.29. The van der Waals surface area contributed by atoms with Crippen LogP contribution in [0.2, 0.25) is 0 Å². The van der Waals surface area contributed by atoms with Crippen LogP contribution >= 0.6 is 0 Å². The first kappa shape index (κ1) is 29.2. The Hall–Kier alpha value is -3.82. The van der Waals surface area contributed by atoms with Crippen LogP contribution in [-0.2, 0) is 18.3 Å². The van der Waals surface area contributed by atoms with Crippen LogP contribution in [0.25, 0.3) is 10.9 Å². The third-order valence-corrected chi connectivity index (χ3v) is 7.63. The highest BCUT2D eigenvalue weighted by Gasteiger charge is 2.30. The van der Waals surface area contributed by atoms with Crippen LogP contribution < -0.4 is 16.0 Å². The van der Waals surface area contributed by atoms with Crippen LogP contribution in [0, 0.1) is 18.8 Å². The van der Waals surface area contributed by atoms with Crippen molar-refractivity contribution in [1.82, 2.24) is 25.5 Å². The van der Waals surface area contributed by atoms with Crippen molar-refractivity contribution in [3.05, 3.63) is 53.4 Å². The summed E-state index contributed by atoms with van der Waals surface area (Å²) >= 11 is 0. The fourth-order valence-electron chi connectivity index (χ4n) is 5.70. The number of oxazole rings is 1. The number of fused-ring (bicyclic) bond motifs is 1. The number of nitrogens with one attached hydrogen (secondary N) is 3. The summed E-state index contributed by atoms with van der Waals surface area (Å²) in [5.74, 6) is -0.596. The molecule has 1 saturated carbocycles. The molecule has 0 aliphatic heterocycles. The molecule has 1 aliphatic carbocycles. The SMILES string of the molecule is Cc1oc([C@@H](Cc2cn(C)c3ccccc23)NC(=O)[C@H](CC(C)C)NC(=O)N[C@H]2CCCC(C)C2)nc1C(=O)O. The van der Waals surface area contributed by atoms with E-state index in [1.807, 2.05) is 55.9 Å². The highest BCUT2D eigenvalue weighted by molar-refractivity contribution is 5.88. The summed E-state index contributed by atoms with van der Waals surface area (Å²) < 4.78 is 7.78. The van der Waals surface area contributed by atoms with Crippen molar-refractivity contribution in [3.63, 3.8) is 0 Å². The van der Waals surface area contributed by atoms with Crippen LogP contribution in [0.3, 0.4) is 0 Å². The van der Waals surface area contributed by atoms with Crippen molar-refractivity contribution in [2.45, 2.75) is 84.3 Å². The number of hydrogen-bond donors (Lipinski definition) is 4. The summed E-state index contributed by atoms with van der Waals surface area (Å²) in [6.07, 6.45) is 6.85. The van der Waals surface area contributed by atoms with Gasteiger partial charge in [-0.15, -0.1) is 0 Å². The normalized spacial score (nSPS) is 18.9. The maximum atomic E-state index is 13.7. The smallest absolute Gasteiger partial charge is 0.358 e. The summed E-state index contributed by atoms with van der Waals surface area (Å²) in [4.78, 5) is 42.5. The number of carboxylic acids is 1. The van der Waals surface area contributed by atoms with Gasteiger partial charge in [0.2, 0.25) is 11.8 Å². The van der Waals surface area contributed by atoms with Gasteiger partial charge in [-0.3, -0.25) is 4.79 Å². The van der Waals surface area contributed by atoms with Crippen molar-refractivity contribution in [1.29, 1.82) is 0 Å². The molecule has 3 amide bonds. The van der Waals surface area contributed by atoms with Gasteiger partial charge in [0.1, 0.15) is 17.8 Å². The number of rotatable bonds is 10. The largest absolute Gasteiger partial charge is 0.476 e. The number of para-hydroxylation sites is 1. The number of nitrogens with zero attached hydrogens (tertiary/aromatic N) is 2. The van der Waals surface area contributed by atoms with Gasteiger partial charge < -0.3 is 30.0 Å². The number of aromatic nitrogens is 2. The number of carbonyl (C=O) groups excluding carboxylic acids is 2. The quantitative estimate of drug-likeness (QED) is 0.284. The molecule has 4 rings (SSSR count). The number of aromatic carboxylic acids is 1. The molecule has 1 aliphatic rings. The highest BCUT2D eigenvalue weighted by Crippen LogP contribution is 2.27. The number of hydrogen-bond acceptors (Lipinski definition) is 5. The van der Waals surface area contributed by atoms with E-state index >= 15 is 0 Å². The summed E-state index contributed by atoms with van der Waals surface area (Å²) in [6.45, 7) is 7.72. The Balaban J connectivity index is 1.57. The van der Waals surface area contributed by atoms with Gasteiger partial charge in [-0.05, 0) is 49.7 Å². The number of aryl methyl sites for hydroxylation is 2. The molecule has 216 valence electrons. The van der Waals surface area contributed by atoms with Crippen LogP contribution in [0.1, 0.15) is 86.6 Å². The molecule has 1 fully saturated rings. The van der Waals surface area contributed by atoms with Crippen molar-refractivity contribution in [3.8, 4) is 0 Å². The molecule has 2 aromatic heterocycles. The number of urea groups is 1. The lowest BCUT2D eigenvalue weighted by atomic mass is 9.87. The van der Waals surface area contributed by atoms with E-state index in [4.69, 9.17) is 4.42 Å². The van der Waals surface area contributed by atoms with E-state index in [1.165, 1.54) is 13.3 Å². The van der Waals surface area contributed by atoms with Gasteiger partial charge in [-0.25, -0.2) is 14.6 Å². The Kier molecular flexibility index (Phi) is 9.17. The molecule has 4 N–H and O–H groups in total. The van der Waals surface area contributed by atoms with Gasteiger partial charge in [0.15, 0.2) is 5.69 Å². The Morgan fingerprint density at radius 1 is 1.18 bits per heavy atom. The van der Waals surface area contributed by atoms with Crippen molar-refractivity contribution < 1.29 is 23.9 Å². The topological polar surface area (TPSA) is 138 Å². The Bertz CT molecular complexity index is 1360. The molecule has 0 bridgehead atoms. The van der Waals surface area contributed by atoms with E-state index in [2.05, 4.69) is 27.9 Å². The number of carboxylic acid groups (broad SMARTS) is 1. The molecule has 0 radical (unpaired) electrons. The third-order valence-electron chi connectivity index (χ3n) is 7.63. The second-order valence-electron chi connectivity index (χ2n) is 11.6. The minimum absolute atomic E-state index is 0.0929. The van der Waals surface area contributed by atoms with E-state index in [9.17, 15) is 19.5 Å². The second kappa shape index (κ2) is 12.6. The molecular formula is C30H41N5O5. The third kappa shape index (κ3) is 7.03. The van der Waals surface area contributed by atoms with Crippen molar-refractivity contribution >= 4 is 28.8 Å². The Labute approximate surface area is 234 Å². The summed E-state index contributed by atoms with van der Waals surface area (Å²) in [5, 5.41) is 19.5. The molecule has 4 atom stereocenters. The maximum absolute atomic E-state index is 13.7. The summed E-state index contributed by atoms with van der Waals surface area (Å²) in [6, 6.07) is 6.13. The average Bonchev–Trinajstić information content (AvgIpc) is 3.43. The van der Waals surface area contributed by atoms with E-state index in [1.54, 1.807) is 0 Å². The van der Waals surface area contributed by atoms with Crippen molar-refractivity contribution in [2.24, 2.45) is 18.9 Å². The van der Waals surface area contributed by atoms with Crippen LogP contribution in [0.4, 0.5) is 4.79 Å². The van der Waals surface area contributed by atoms with Gasteiger partial charge in [0.05, 0.1) is 0 Å². The average molecular weight is 552 g/mol. The molecule has 10 heteroatoms. The fraction of sp³-hybridized carbons (Fsp3) is 0.533. The van der Waals surface area contributed by atoms with Gasteiger partial charge in [-0.2, -0.15) is 0 Å². The van der Waals surface area contributed by atoms with Crippen LogP contribution in [0.15, 0.2) is 34.9 Å². The predicted octanol–water partition coefficient (Wildman–Crippen LogP) is 4.87. The molecule has 3 aromatic rings. The second-order valence-corrected chi connectivity index (χ2v) is 11.6. The standard InChI is InChI=1S/C30H41N5O5/c1-17(2)13-23(33-30(39)31-21-10-8-9-18(3)14-21)27(36)32-24(28-34-26(29(37)38)19(4)40-28)15-20-16-35(5)25-12-7-6-11-22(20)25/h6-7,11-12,16-18,21,23-24H,8-10,13-15H2,1-5H3,(H,32,36)(H,37,38)(H2,31,33,39)/t18?,21-,23-,24+/m0/s1. The van der Waals surface area contributed by atoms with Gasteiger partial charge in [0, 0.05) is 36.6 Å². The van der Waals surface area contributed by atoms with Crippen LogP contribution in [0.5, 0.6) is 0 Å². The van der Waals surface area contributed by atoms with Crippen molar-refractivity contribution in [2.75, 3.05) is 0 Å². The summed E-state index contributed by atoms with van der Waals surface area (Å²) in [7, 11) is 1.95. The molecule has 0 saturated heterocycles. The molecule has 0 spiro atoms. The lowest BCUT2D eigenvalue weighted by Crippen LogP contribution is -2.53. The molecule has 1 aromatic carbocycles. The van der Waals surface area contributed by atoms with Crippen LogP contribution in [-0.4, -0.2) is 44.6 Å². The van der Waals surface area contributed by atoms with Gasteiger partial charge in [0.25, 0.3) is 0 Å².